The summed E-state index contributed by atoms with van der Waals surface area (Å²) in [7, 11) is 0. The molecule has 116 valence electrons. The molecular weight excluding hydrogens is 360 g/mol. The van der Waals surface area contributed by atoms with Crippen LogP contribution in [0, 0.1) is 13.8 Å². The Bertz CT molecular complexity index is 653. The number of amides is 1. The van der Waals surface area contributed by atoms with Crippen LogP contribution in [0.2, 0.25) is 0 Å². The van der Waals surface area contributed by atoms with Gasteiger partial charge < -0.3 is 4.90 Å². The average molecular weight is 379 g/mol. The first-order valence-electron chi connectivity index (χ1n) is 7.53. The van der Waals surface area contributed by atoms with E-state index in [0.29, 0.717) is 5.92 Å². The third kappa shape index (κ3) is 3.25. The van der Waals surface area contributed by atoms with Crippen molar-refractivity contribution in [3.05, 3.63) is 49.9 Å². The molecule has 1 aromatic heterocycles. The molecule has 2 heterocycles. The van der Waals surface area contributed by atoms with Crippen molar-refractivity contribution in [1.82, 2.24) is 9.88 Å². The van der Waals surface area contributed by atoms with Gasteiger partial charge in [0.2, 0.25) is 0 Å². The molecule has 2 aromatic rings. The molecule has 0 atom stereocenters. The van der Waals surface area contributed by atoms with Gasteiger partial charge in [0.1, 0.15) is 0 Å². The first-order valence-corrected chi connectivity index (χ1v) is 9.14. The molecule has 0 aliphatic carbocycles. The number of aryl methyl sites for hydroxylation is 2. The highest BCUT2D eigenvalue weighted by molar-refractivity contribution is 9.10. The van der Waals surface area contributed by atoms with E-state index in [-0.39, 0.29) is 5.91 Å². The number of likely N-dealkylation sites (tertiary alicyclic amines) is 1. The fourth-order valence-electron chi connectivity index (χ4n) is 2.78. The number of nitrogens with zero attached hydrogens (tertiary/aromatic N) is 2. The summed E-state index contributed by atoms with van der Waals surface area (Å²) in [6.07, 6.45) is 2.02. The van der Waals surface area contributed by atoms with Crippen LogP contribution in [-0.4, -0.2) is 28.9 Å². The van der Waals surface area contributed by atoms with E-state index >= 15 is 0 Å². The highest BCUT2D eigenvalue weighted by Gasteiger charge is 2.26. The maximum absolute atomic E-state index is 12.5. The Kier molecular flexibility index (Phi) is 4.64. The van der Waals surface area contributed by atoms with Crippen molar-refractivity contribution in [3.8, 4) is 0 Å². The molecule has 0 spiro atoms. The molecule has 0 unspecified atom stereocenters. The van der Waals surface area contributed by atoms with E-state index in [2.05, 4.69) is 34.8 Å². The van der Waals surface area contributed by atoms with Gasteiger partial charge in [-0.2, -0.15) is 0 Å². The lowest BCUT2D eigenvalue weighted by Crippen LogP contribution is -2.37. The zero-order valence-electron chi connectivity index (χ0n) is 12.8. The summed E-state index contributed by atoms with van der Waals surface area (Å²) >= 11 is 5.21. The molecule has 1 saturated heterocycles. The predicted octanol–water partition coefficient (Wildman–Crippen LogP) is 4.54. The summed E-state index contributed by atoms with van der Waals surface area (Å²) in [4.78, 5) is 20.5. The molecule has 1 fully saturated rings. The molecular formula is C17H19BrN2OS. The lowest BCUT2D eigenvalue weighted by molar-refractivity contribution is 0.0713. The molecule has 0 N–H and O–H groups in total. The topological polar surface area (TPSA) is 33.2 Å². The molecule has 3 nitrogen and oxygen atoms in total. The maximum atomic E-state index is 12.5. The summed E-state index contributed by atoms with van der Waals surface area (Å²) in [6.45, 7) is 5.83. The van der Waals surface area contributed by atoms with E-state index in [1.165, 1.54) is 9.88 Å². The molecule has 5 heteroatoms. The van der Waals surface area contributed by atoms with Gasteiger partial charge in [0.05, 0.1) is 10.7 Å². The third-order valence-corrected chi connectivity index (χ3v) is 6.03. The third-order valence-electron chi connectivity index (χ3n) is 4.27. The highest BCUT2D eigenvalue weighted by atomic mass is 79.9. The van der Waals surface area contributed by atoms with Crippen LogP contribution in [-0.2, 0) is 0 Å². The van der Waals surface area contributed by atoms with Crippen LogP contribution in [0.1, 0.15) is 44.7 Å². The van der Waals surface area contributed by atoms with Crippen molar-refractivity contribution < 1.29 is 4.79 Å². The fraction of sp³-hybridized carbons (Fsp3) is 0.412. The molecule has 1 aromatic carbocycles. The number of carbonyl (C=O) groups excluding carboxylic acids is 1. The SMILES string of the molecule is Cc1nc(C2CCN(C(=O)c3ccc(Br)cc3)CC2)sc1C. The Morgan fingerprint density at radius 1 is 1.23 bits per heavy atom. The zero-order valence-corrected chi connectivity index (χ0v) is 15.2. The number of benzene rings is 1. The van der Waals surface area contributed by atoms with Crippen LogP contribution in [0.4, 0.5) is 0 Å². The van der Waals surface area contributed by atoms with Crippen LogP contribution in [0.15, 0.2) is 28.7 Å². The van der Waals surface area contributed by atoms with Crippen LogP contribution < -0.4 is 0 Å². The van der Waals surface area contributed by atoms with Gasteiger partial charge in [-0.25, -0.2) is 4.98 Å². The summed E-state index contributed by atoms with van der Waals surface area (Å²) < 4.78 is 0.997. The van der Waals surface area contributed by atoms with Crippen LogP contribution >= 0.6 is 27.3 Å². The number of halogens is 1. The van der Waals surface area contributed by atoms with Gasteiger partial charge in [-0.15, -0.1) is 11.3 Å². The predicted molar refractivity (Wildman–Crippen MR) is 93.6 cm³/mol. The van der Waals surface area contributed by atoms with Gasteiger partial charge in [0.15, 0.2) is 0 Å². The van der Waals surface area contributed by atoms with E-state index < -0.39 is 0 Å². The molecule has 0 radical (unpaired) electrons. The smallest absolute Gasteiger partial charge is 0.253 e. The van der Waals surface area contributed by atoms with Crippen LogP contribution in [0.25, 0.3) is 0 Å². The molecule has 22 heavy (non-hydrogen) atoms. The first-order chi connectivity index (χ1) is 10.5. The molecule has 3 rings (SSSR count). The normalized spacial score (nSPS) is 16.0. The minimum absolute atomic E-state index is 0.137. The Labute approximate surface area is 143 Å². The lowest BCUT2D eigenvalue weighted by Gasteiger charge is -2.31. The largest absolute Gasteiger partial charge is 0.339 e. The minimum Gasteiger partial charge on any atom is -0.339 e. The van der Waals surface area contributed by atoms with E-state index in [1.807, 2.05) is 40.5 Å². The number of carbonyl (C=O) groups is 1. The number of hydrogen-bond acceptors (Lipinski definition) is 3. The number of rotatable bonds is 2. The Hall–Kier alpha value is -1.20. The summed E-state index contributed by atoms with van der Waals surface area (Å²) in [6, 6.07) is 7.60. The van der Waals surface area contributed by atoms with Crippen molar-refractivity contribution >= 4 is 33.2 Å². The number of thiazole rings is 1. The second-order valence-corrected chi connectivity index (χ2v) is 7.92. The van der Waals surface area contributed by atoms with Crippen molar-refractivity contribution in [2.75, 3.05) is 13.1 Å². The average Bonchev–Trinajstić information content (AvgIpc) is 2.87. The minimum atomic E-state index is 0.137. The summed E-state index contributed by atoms with van der Waals surface area (Å²) in [5.74, 6) is 0.642. The fourth-order valence-corrected chi connectivity index (χ4v) is 4.13. The summed E-state index contributed by atoms with van der Waals surface area (Å²) in [5.41, 5.74) is 1.91. The maximum Gasteiger partial charge on any atom is 0.253 e. The number of aromatic nitrogens is 1. The van der Waals surface area contributed by atoms with Gasteiger partial charge in [-0.05, 0) is 51.0 Å². The second-order valence-electron chi connectivity index (χ2n) is 5.77. The molecule has 1 aliphatic rings. The van der Waals surface area contributed by atoms with Crippen LogP contribution in [0.5, 0.6) is 0 Å². The Balaban J connectivity index is 1.64. The lowest BCUT2D eigenvalue weighted by atomic mass is 9.97. The number of hydrogen-bond donors (Lipinski definition) is 0. The summed E-state index contributed by atoms with van der Waals surface area (Å²) in [5, 5.41) is 1.24. The van der Waals surface area contributed by atoms with Gasteiger partial charge in [0.25, 0.3) is 5.91 Å². The van der Waals surface area contributed by atoms with E-state index in [0.717, 1.165) is 41.7 Å². The molecule has 1 aliphatic heterocycles. The first kappa shape index (κ1) is 15.7. The number of piperidine rings is 1. The van der Waals surface area contributed by atoms with Crippen molar-refractivity contribution in [3.63, 3.8) is 0 Å². The van der Waals surface area contributed by atoms with Gasteiger partial charge in [-0.3, -0.25) is 4.79 Å². The van der Waals surface area contributed by atoms with Gasteiger partial charge >= 0.3 is 0 Å². The Morgan fingerprint density at radius 2 is 1.86 bits per heavy atom. The highest BCUT2D eigenvalue weighted by Crippen LogP contribution is 2.32. The van der Waals surface area contributed by atoms with E-state index in [1.54, 1.807) is 0 Å². The monoisotopic (exact) mass is 378 g/mol. The second kappa shape index (κ2) is 6.50. The zero-order chi connectivity index (χ0) is 15.7. The van der Waals surface area contributed by atoms with Gasteiger partial charge in [-0.1, -0.05) is 15.9 Å². The quantitative estimate of drug-likeness (QED) is 0.768. The molecule has 0 bridgehead atoms. The molecule has 0 saturated carbocycles. The standard InChI is InChI=1S/C17H19BrN2OS/c1-11-12(2)22-16(19-11)13-7-9-20(10-8-13)17(21)14-3-5-15(18)6-4-14/h3-6,13H,7-10H2,1-2H3. The van der Waals surface area contributed by atoms with E-state index in [9.17, 15) is 4.79 Å². The van der Waals surface area contributed by atoms with Crippen LogP contribution in [0.3, 0.4) is 0 Å². The van der Waals surface area contributed by atoms with Crippen molar-refractivity contribution in [2.45, 2.75) is 32.6 Å². The van der Waals surface area contributed by atoms with Crippen molar-refractivity contribution in [1.29, 1.82) is 0 Å². The van der Waals surface area contributed by atoms with E-state index in [4.69, 9.17) is 0 Å². The van der Waals surface area contributed by atoms with Crippen molar-refractivity contribution in [2.24, 2.45) is 0 Å². The Morgan fingerprint density at radius 3 is 2.41 bits per heavy atom. The van der Waals surface area contributed by atoms with Gasteiger partial charge in [0, 0.05) is 33.9 Å². The molecule has 1 amide bonds.